The molecule has 0 fully saturated rings. The number of benzene rings is 1. The molecule has 0 bridgehead atoms. The van der Waals surface area contributed by atoms with Gasteiger partial charge in [0.2, 0.25) is 0 Å². The highest BCUT2D eigenvalue weighted by Gasteiger charge is 2.14. The van der Waals surface area contributed by atoms with E-state index in [4.69, 9.17) is 46.4 Å². The van der Waals surface area contributed by atoms with Crippen molar-refractivity contribution in [2.45, 2.75) is 0 Å². The van der Waals surface area contributed by atoms with E-state index in [1.807, 2.05) is 0 Å². The standard InChI is InChI=1S/C13H7Cl4NO2/c1-20-13(19)7-2-8(12(17)18-5-7)6-3-9(14)11(16)10(15)4-6/h2-5H,1H3. The van der Waals surface area contributed by atoms with E-state index in [0.717, 1.165) is 0 Å². The molecule has 2 aromatic rings. The van der Waals surface area contributed by atoms with Crippen molar-refractivity contribution in [1.82, 2.24) is 4.98 Å². The Morgan fingerprint density at radius 1 is 1.10 bits per heavy atom. The maximum absolute atomic E-state index is 11.5. The fraction of sp³-hybridized carbons (Fsp3) is 0.0769. The smallest absolute Gasteiger partial charge is 0.339 e. The Hall–Kier alpha value is -1.000. The zero-order valence-electron chi connectivity index (χ0n) is 10.1. The molecular formula is C13H7Cl4NO2. The van der Waals surface area contributed by atoms with Crippen molar-refractivity contribution in [1.29, 1.82) is 0 Å². The minimum Gasteiger partial charge on any atom is -0.465 e. The van der Waals surface area contributed by atoms with Gasteiger partial charge in [0, 0.05) is 11.8 Å². The molecule has 0 saturated heterocycles. The Bertz CT molecular complexity index is 665. The average molecular weight is 351 g/mol. The van der Waals surface area contributed by atoms with E-state index in [-0.39, 0.29) is 25.8 Å². The molecule has 1 aromatic heterocycles. The topological polar surface area (TPSA) is 39.2 Å². The van der Waals surface area contributed by atoms with Crippen LogP contribution in [0.1, 0.15) is 10.4 Å². The predicted octanol–water partition coefficient (Wildman–Crippen LogP) is 5.15. The third-order valence-electron chi connectivity index (χ3n) is 2.55. The van der Waals surface area contributed by atoms with Crippen molar-refractivity contribution < 1.29 is 9.53 Å². The van der Waals surface area contributed by atoms with Crippen LogP contribution in [0.3, 0.4) is 0 Å². The second-order valence-corrected chi connectivity index (χ2v) is 5.36. The summed E-state index contributed by atoms with van der Waals surface area (Å²) in [6, 6.07) is 4.75. The second kappa shape index (κ2) is 6.19. The first-order valence-corrected chi connectivity index (χ1v) is 6.84. The van der Waals surface area contributed by atoms with Gasteiger partial charge >= 0.3 is 5.97 Å². The van der Waals surface area contributed by atoms with Gasteiger partial charge in [0.25, 0.3) is 0 Å². The lowest BCUT2D eigenvalue weighted by atomic mass is 10.1. The van der Waals surface area contributed by atoms with E-state index in [0.29, 0.717) is 11.1 Å². The number of pyridine rings is 1. The van der Waals surface area contributed by atoms with Crippen molar-refractivity contribution in [3.05, 3.63) is 50.2 Å². The summed E-state index contributed by atoms with van der Waals surface area (Å²) in [6.07, 6.45) is 1.33. The molecule has 0 amide bonds. The molecule has 1 aromatic carbocycles. The highest BCUT2D eigenvalue weighted by atomic mass is 35.5. The van der Waals surface area contributed by atoms with E-state index < -0.39 is 5.97 Å². The Labute approximate surface area is 135 Å². The summed E-state index contributed by atoms with van der Waals surface area (Å²) in [4.78, 5) is 15.5. The number of nitrogens with zero attached hydrogens (tertiary/aromatic N) is 1. The Morgan fingerprint density at radius 3 is 2.25 bits per heavy atom. The summed E-state index contributed by atoms with van der Waals surface area (Å²) in [5, 5.41) is 1.04. The van der Waals surface area contributed by atoms with Crippen molar-refractivity contribution in [2.75, 3.05) is 7.11 Å². The first-order valence-electron chi connectivity index (χ1n) is 5.32. The fourth-order valence-electron chi connectivity index (χ4n) is 1.59. The van der Waals surface area contributed by atoms with Gasteiger partial charge in [-0.2, -0.15) is 0 Å². The van der Waals surface area contributed by atoms with Crippen molar-refractivity contribution in [3.63, 3.8) is 0 Å². The van der Waals surface area contributed by atoms with Crippen LogP contribution >= 0.6 is 46.4 Å². The van der Waals surface area contributed by atoms with Gasteiger partial charge in [-0.3, -0.25) is 0 Å². The first-order chi connectivity index (χ1) is 9.43. The summed E-state index contributed by atoms with van der Waals surface area (Å²) in [5.74, 6) is -0.512. The number of esters is 1. The van der Waals surface area contributed by atoms with Crippen LogP contribution in [0.25, 0.3) is 11.1 Å². The second-order valence-electron chi connectivity index (χ2n) is 3.81. The number of rotatable bonds is 2. The third-order valence-corrected chi connectivity index (χ3v) is 4.05. The number of hydrogen-bond acceptors (Lipinski definition) is 3. The minimum atomic E-state index is -0.512. The van der Waals surface area contributed by atoms with Crippen LogP contribution in [0, 0.1) is 0 Å². The average Bonchev–Trinajstić information content (AvgIpc) is 2.44. The highest BCUT2D eigenvalue weighted by Crippen LogP contribution is 2.37. The van der Waals surface area contributed by atoms with Crippen LogP contribution in [0.4, 0.5) is 0 Å². The lowest BCUT2D eigenvalue weighted by Gasteiger charge is -2.08. The number of aromatic nitrogens is 1. The minimum absolute atomic E-state index is 0.215. The van der Waals surface area contributed by atoms with Crippen LogP contribution in [0.2, 0.25) is 20.2 Å². The Morgan fingerprint density at radius 2 is 1.70 bits per heavy atom. The SMILES string of the molecule is COC(=O)c1cnc(Cl)c(-c2cc(Cl)c(Cl)c(Cl)c2)c1. The van der Waals surface area contributed by atoms with Crippen LogP contribution in [-0.4, -0.2) is 18.1 Å². The number of carbonyl (C=O) groups excluding carboxylic acids is 1. The van der Waals surface area contributed by atoms with Crippen LogP contribution < -0.4 is 0 Å². The molecule has 0 aliphatic carbocycles. The Balaban J connectivity index is 2.60. The number of halogens is 4. The van der Waals surface area contributed by atoms with Crippen molar-refractivity contribution in [3.8, 4) is 11.1 Å². The summed E-state index contributed by atoms with van der Waals surface area (Å²) in [6.45, 7) is 0. The molecule has 1 heterocycles. The molecule has 2 rings (SSSR count). The number of methoxy groups -OCH3 is 1. The molecule has 0 aliphatic rings. The summed E-state index contributed by atoms with van der Waals surface area (Å²) >= 11 is 23.9. The molecule has 3 nitrogen and oxygen atoms in total. The quantitative estimate of drug-likeness (QED) is 0.427. The number of carbonyl (C=O) groups is 1. The summed E-state index contributed by atoms with van der Waals surface area (Å²) < 4.78 is 4.64. The van der Waals surface area contributed by atoms with E-state index >= 15 is 0 Å². The normalized spacial score (nSPS) is 10.4. The molecule has 0 spiro atoms. The maximum atomic E-state index is 11.5. The third kappa shape index (κ3) is 3.01. The van der Waals surface area contributed by atoms with E-state index in [9.17, 15) is 4.79 Å². The van der Waals surface area contributed by atoms with E-state index in [1.165, 1.54) is 13.3 Å². The van der Waals surface area contributed by atoms with Gasteiger partial charge in [0.1, 0.15) is 5.15 Å². The molecule has 20 heavy (non-hydrogen) atoms. The van der Waals surface area contributed by atoms with Crippen molar-refractivity contribution >= 4 is 52.4 Å². The highest BCUT2D eigenvalue weighted by molar-refractivity contribution is 6.48. The van der Waals surface area contributed by atoms with Crippen LogP contribution in [0.5, 0.6) is 0 Å². The Kier molecular flexibility index (Phi) is 4.76. The first kappa shape index (κ1) is 15.4. The molecule has 104 valence electrons. The molecular weight excluding hydrogens is 344 g/mol. The van der Waals surface area contributed by atoms with Gasteiger partial charge < -0.3 is 4.74 Å². The maximum Gasteiger partial charge on any atom is 0.339 e. The monoisotopic (exact) mass is 349 g/mol. The van der Waals surface area contributed by atoms with Gasteiger partial charge in [-0.1, -0.05) is 46.4 Å². The predicted molar refractivity (Wildman–Crippen MR) is 81.1 cm³/mol. The van der Waals surface area contributed by atoms with E-state index in [2.05, 4.69) is 9.72 Å². The van der Waals surface area contributed by atoms with Crippen LogP contribution in [-0.2, 0) is 4.74 Å². The fourth-order valence-corrected chi connectivity index (χ4v) is 2.40. The molecule has 0 radical (unpaired) electrons. The molecule has 0 N–H and O–H groups in total. The van der Waals surface area contributed by atoms with Crippen molar-refractivity contribution in [2.24, 2.45) is 0 Å². The zero-order valence-corrected chi connectivity index (χ0v) is 13.1. The number of ether oxygens (including phenoxy) is 1. The largest absolute Gasteiger partial charge is 0.465 e. The lowest BCUT2D eigenvalue weighted by Crippen LogP contribution is -2.02. The molecule has 0 aliphatic heterocycles. The van der Waals surface area contributed by atoms with Gasteiger partial charge in [-0.15, -0.1) is 0 Å². The molecule has 0 atom stereocenters. The molecule has 0 saturated carbocycles. The zero-order chi connectivity index (χ0) is 14.9. The number of hydrogen-bond donors (Lipinski definition) is 0. The van der Waals surface area contributed by atoms with Gasteiger partial charge in [0.15, 0.2) is 0 Å². The molecule has 7 heteroatoms. The van der Waals surface area contributed by atoms with Gasteiger partial charge in [-0.05, 0) is 23.8 Å². The van der Waals surface area contributed by atoms with Gasteiger partial charge in [0.05, 0.1) is 27.7 Å². The molecule has 0 unspecified atom stereocenters. The summed E-state index contributed by atoms with van der Waals surface area (Å²) in [5.41, 5.74) is 1.39. The summed E-state index contributed by atoms with van der Waals surface area (Å²) in [7, 11) is 1.28. The lowest BCUT2D eigenvalue weighted by molar-refractivity contribution is 0.0600. The van der Waals surface area contributed by atoms with Crippen LogP contribution in [0.15, 0.2) is 24.4 Å². The van der Waals surface area contributed by atoms with E-state index in [1.54, 1.807) is 18.2 Å². The van der Waals surface area contributed by atoms with Gasteiger partial charge in [-0.25, -0.2) is 9.78 Å².